The van der Waals surface area contributed by atoms with E-state index in [2.05, 4.69) is 35.3 Å². The van der Waals surface area contributed by atoms with Gasteiger partial charge in [-0.25, -0.2) is 18.2 Å². The lowest BCUT2D eigenvalue weighted by molar-refractivity contribution is 0.0699. The zero-order chi connectivity index (χ0) is 26.9. The number of hydrogen-bond donors (Lipinski definition) is 2. The average Bonchev–Trinajstić information content (AvgIpc) is 2.82. The molecule has 0 spiro atoms. The van der Waals surface area contributed by atoms with Crippen LogP contribution in [0.5, 0.6) is 0 Å². The molecule has 2 N–H and O–H groups in total. The highest BCUT2D eigenvalue weighted by Crippen LogP contribution is 2.28. The molecule has 1 aliphatic heterocycles. The molecule has 1 aromatic heterocycles. The van der Waals surface area contributed by atoms with Crippen LogP contribution >= 0.6 is 0 Å². The van der Waals surface area contributed by atoms with Crippen molar-refractivity contribution in [2.45, 2.75) is 52.0 Å². The summed E-state index contributed by atoms with van der Waals surface area (Å²) in [5, 5.41) is 10.4. The predicted octanol–water partition coefficient (Wildman–Crippen LogP) is 4.91. The summed E-state index contributed by atoms with van der Waals surface area (Å²) in [6.45, 7) is 13.8. The number of aromatic nitrogens is 1. The highest BCUT2D eigenvalue weighted by atomic mass is 32.2. The Bertz CT molecular complexity index is 1390. The summed E-state index contributed by atoms with van der Waals surface area (Å²) in [5.74, 6) is 0.195. The number of sulfonamides is 1. The van der Waals surface area contributed by atoms with Crippen LogP contribution in [0.3, 0.4) is 0 Å². The van der Waals surface area contributed by atoms with Gasteiger partial charge in [0.1, 0.15) is 5.82 Å². The van der Waals surface area contributed by atoms with E-state index in [-0.39, 0.29) is 16.1 Å². The van der Waals surface area contributed by atoms with Gasteiger partial charge in [0, 0.05) is 43.3 Å². The molecular weight excluding hydrogens is 488 g/mol. The van der Waals surface area contributed by atoms with Crippen LogP contribution in [0.15, 0.2) is 47.4 Å². The lowest BCUT2D eigenvalue weighted by Gasteiger charge is -2.39. The smallest absolute Gasteiger partial charge is 0.336 e. The van der Waals surface area contributed by atoms with Crippen molar-refractivity contribution in [3.8, 4) is 0 Å². The van der Waals surface area contributed by atoms with Crippen molar-refractivity contribution in [2.24, 2.45) is 5.92 Å². The molecule has 4 rings (SSSR count). The first-order chi connectivity index (χ1) is 17.4. The SMILES string of the molecule is Cc1cc(C)cc(S(=O)(=O)Nc2ccc3nc(N4CCN(C(C)CC(C)C)CC4)cc(C(=O)O)c3c2)c1. The molecule has 3 aromatic rings. The Hall–Kier alpha value is -3.17. The average molecular weight is 525 g/mol. The molecule has 2 heterocycles. The van der Waals surface area contributed by atoms with Crippen molar-refractivity contribution in [3.63, 3.8) is 0 Å². The topological polar surface area (TPSA) is 103 Å². The summed E-state index contributed by atoms with van der Waals surface area (Å²) < 4.78 is 28.6. The van der Waals surface area contributed by atoms with Crippen LogP contribution in [-0.2, 0) is 10.0 Å². The van der Waals surface area contributed by atoms with Crippen LogP contribution in [0.2, 0.25) is 0 Å². The van der Waals surface area contributed by atoms with Crippen LogP contribution in [0.1, 0.15) is 48.7 Å². The third-order valence-corrected chi connectivity index (χ3v) is 8.22. The number of fused-ring (bicyclic) bond motifs is 1. The number of hydrogen-bond acceptors (Lipinski definition) is 6. The van der Waals surface area contributed by atoms with Gasteiger partial charge in [-0.3, -0.25) is 9.62 Å². The van der Waals surface area contributed by atoms with Crippen LogP contribution in [0, 0.1) is 19.8 Å². The number of pyridine rings is 1. The molecule has 2 aromatic carbocycles. The van der Waals surface area contributed by atoms with Gasteiger partial charge in [-0.15, -0.1) is 0 Å². The zero-order valence-corrected chi connectivity index (χ0v) is 23.0. The molecule has 0 bridgehead atoms. The summed E-state index contributed by atoms with van der Waals surface area (Å²) >= 11 is 0. The van der Waals surface area contributed by atoms with Gasteiger partial charge >= 0.3 is 5.97 Å². The summed E-state index contributed by atoms with van der Waals surface area (Å²) in [5.41, 5.74) is 2.59. The molecule has 0 aliphatic carbocycles. The number of piperazine rings is 1. The fourth-order valence-electron chi connectivity index (χ4n) is 5.14. The quantitative estimate of drug-likeness (QED) is 0.432. The van der Waals surface area contributed by atoms with Gasteiger partial charge < -0.3 is 10.0 Å². The largest absolute Gasteiger partial charge is 0.478 e. The minimum Gasteiger partial charge on any atom is -0.478 e. The van der Waals surface area contributed by atoms with Crippen LogP contribution in [-0.4, -0.2) is 61.6 Å². The Morgan fingerprint density at radius 1 is 1.00 bits per heavy atom. The van der Waals surface area contributed by atoms with Crippen molar-refractivity contribution < 1.29 is 18.3 Å². The highest BCUT2D eigenvalue weighted by Gasteiger charge is 2.24. The first-order valence-electron chi connectivity index (χ1n) is 12.7. The van der Waals surface area contributed by atoms with Gasteiger partial charge in [0.2, 0.25) is 0 Å². The Morgan fingerprint density at radius 3 is 2.24 bits per heavy atom. The van der Waals surface area contributed by atoms with Gasteiger partial charge in [0.25, 0.3) is 10.0 Å². The van der Waals surface area contributed by atoms with Crippen molar-refractivity contribution in [1.29, 1.82) is 0 Å². The number of carboxylic acid groups (broad SMARTS) is 1. The number of anilines is 2. The minimum atomic E-state index is -3.84. The molecule has 8 nitrogen and oxygen atoms in total. The number of aryl methyl sites for hydroxylation is 2. The molecule has 0 amide bonds. The molecule has 1 unspecified atom stereocenters. The first-order valence-corrected chi connectivity index (χ1v) is 14.2. The number of nitrogens with one attached hydrogen (secondary N) is 1. The van der Waals surface area contributed by atoms with Crippen LogP contribution < -0.4 is 9.62 Å². The minimum absolute atomic E-state index is 0.100. The van der Waals surface area contributed by atoms with E-state index in [1.54, 1.807) is 36.4 Å². The molecule has 1 atom stereocenters. The van der Waals surface area contributed by atoms with E-state index in [4.69, 9.17) is 4.98 Å². The number of carbonyl (C=O) groups is 1. The van der Waals surface area contributed by atoms with Gasteiger partial charge in [0.15, 0.2) is 0 Å². The number of nitrogens with zero attached hydrogens (tertiary/aromatic N) is 3. The maximum absolute atomic E-state index is 13.0. The molecule has 198 valence electrons. The van der Waals surface area contributed by atoms with Gasteiger partial charge in [0.05, 0.1) is 16.0 Å². The Morgan fingerprint density at radius 2 is 1.65 bits per heavy atom. The lowest BCUT2D eigenvalue weighted by Crippen LogP contribution is -2.50. The Labute approximate surface area is 219 Å². The molecular formula is C28H36N4O4S. The number of rotatable bonds is 8. The number of carboxylic acids is 1. The van der Waals surface area contributed by atoms with E-state index in [0.29, 0.717) is 28.7 Å². The van der Waals surface area contributed by atoms with Gasteiger partial charge in [-0.2, -0.15) is 0 Å². The maximum atomic E-state index is 13.0. The molecule has 0 radical (unpaired) electrons. The van der Waals surface area contributed by atoms with Crippen molar-refractivity contribution in [1.82, 2.24) is 9.88 Å². The molecule has 1 saturated heterocycles. The van der Waals surface area contributed by atoms with Crippen molar-refractivity contribution >= 4 is 38.4 Å². The number of aromatic carboxylic acids is 1. The Balaban J connectivity index is 1.59. The standard InChI is InChI=1S/C28H36N4O4S/c1-18(2)12-21(5)31-8-10-32(11-9-31)27-17-25(28(33)34)24-16-22(6-7-26(24)29-27)30-37(35,36)23-14-19(3)13-20(4)15-23/h6-7,13-18,21,30H,8-12H2,1-5H3,(H,33,34). The van der Waals surface area contributed by atoms with Crippen LogP contribution in [0.4, 0.5) is 11.5 Å². The summed E-state index contributed by atoms with van der Waals surface area (Å²) in [7, 11) is -3.84. The maximum Gasteiger partial charge on any atom is 0.336 e. The third-order valence-electron chi connectivity index (χ3n) is 6.86. The second kappa shape index (κ2) is 10.7. The van der Waals surface area contributed by atoms with Gasteiger partial charge in [-0.05, 0) is 80.6 Å². The van der Waals surface area contributed by atoms with Crippen LogP contribution in [0.25, 0.3) is 10.9 Å². The molecule has 37 heavy (non-hydrogen) atoms. The normalized spacial score (nSPS) is 15.8. The monoisotopic (exact) mass is 524 g/mol. The van der Waals surface area contributed by atoms with E-state index >= 15 is 0 Å². The van der Waals surface area contributed by atoms with E-state index < -0.39 is 16.0 Å². The summed E-state index contributed by atoms with van der Waals surface area (Å²) in [6.07, 6.45) is 1.15. The molecule has 1 aliphatic rings. The second-order valence-corrected chi connectivity index (χ2v) is 12.2. The lowest BCUT2D eigenvalue weighted by atomic mass is 10.0. The van der Waals surface area contributed by atoms with Crippen molar-refractivity contribution in [3.05, 3.63) is 59.2 Å². The summed E-state index contributed by atoms with van der Waals surface area (Å²) in [4.78, 5) is 21.7. The Kier molecular flexibility index (Phi) is 7.75. The zero-order valence-electron chi connectivity index (χ0n) is 22.2. The van der Waals surface area contributed by atoms with Gasteiger partial charge in [-0.1, -0.05) is 19.9 Å². The summed E-state index contributed by atoms with van der Waals surface area (Å²) in [6, 6.07) is 12.1. The van der Waals surface area contributed by atoms with Crippen molar-refractivity contribution in [2.75, 3.05) is 35.8 Å². The highest BCUT2D eigenvalue weighted by molar-refractivity contribution is 7.92. The fourth-order valence-corrected chi connectivity index (χ4v) is 6.38. The first kappa shape index (κ1) is 26.9. The van der Waals surface area contributed by atoms with E-state index in [0.717, 1.165) is 43.7 Å². The van der Waals surface area contributed by atoms with E-state index in [9.17, 15) is 18.3 Å². The van der Waals surface area contributed by atoms with E-state index in [1.165, 1.54) is 0 Å². The second-order valence-electron chi connectivity index (χ2n) is 10.5. The molecule has 9 heteroatoms. The predicted molar refractivity (Wildman–Crippen MR) is 148 cm³/mol. The van der Waals surface area contributed by atoms with E-state index in [1.807, 2.05) is 19.9 Å². The number of benzene rings is 2. The third kappa shape index (κ3) is 6.22. The fraction of sp³-hybridized carbons (Fsp3) is 0.429. The molecule has 0 saturated carbocycles. The molecule has 1 fully saturated rings.